The third kappa shape index (κ3) is 3.15. The molecule has 39 heavy (non-hydrogen) atoms. The van der Waals surface area contributed by atoms with E-state index in [0.717, 1.165) is 45.5 Å². The van der Waals surface area contributed by atoms with Crippen LogP contribution in [0.15, 0.2) is 53.9 Å². The van der Waals surface area contributed by atoms with Crippen LogP contribution in [0, 0.1) is 0 Å². The zero-order valence-corrected chi connectivity index (χ0v) is 21.3. The van der Waals surface area contributed by atoms with E-state index in [9.17, 15) is 9.18 Å². The summed E-state index contributed by atoms with van der Waals surface area (Å²) < 4.78 is 16.0. The molecular weight excluding hydrogens is 495 g/mol. The Bertz CT molecular complexity index is 1730. The summed E-state index contributed by atoms with van der Waals surface area (Å²) >= 11 is 0. The third-order valence-electron chi connectivity index (χ3n) is 9.04. The Morgan fingerprint density at radius 3 is 2.62 bits per heavy atom. The quantitative estimate of drug-likeness (QED) is 0.183. The second-order valence-electron chi connectivity index (χ2n) is 11.3. The maximum Gasteiger partial charge on any atom is 0.254 e. The topological polar surface area (TPSA) is 113 Å². The van der Waals surface area contributed by atoms with Gasteiger partial charge in [0.15, 0.2) is 0 Å². The lowest BCUT2D eigenvalue weighted by Gasteiger charge is -2.38. The standard InChI is InChI=1S/C29H25FN8O/c1-37-24-10-23(25-19(15-5-6-15)3-2-4-20(25)27(37)39)38-22-9-16(7-8-21(22)34-26(24)38)17-13-32-28(33-14-17)29(35-36-31)11-18(30)12-29/h2-4,7-9,13-15,18,23-24H,5-6,10-12H2,1H3/t18?,23-,24-,29?/m1/s1. The number of fused-ring (bicyclic) bond motifs is 9. The van der Waals surface area contributed by atoms with Gasteiger partial charge in [-0.05, 0) is 72.0 Å². The van der Waals surface area contributed by atoms with E-state index in [1.807, 2.05) is 36.2 Å². The van der Waals surface area contributed by atoms with Crippen LogP contribution in [0.25, 0.3) is 32.6 Å². The van der Waals surface area contributed by atoms with Gasteiger partial charge in [0.25, 0.3) is 5.91 Å². The first-order valence-corrected chi connectivity index (χ1v) is 13.4. The predicted octanol–water partition coefficient (Wildman–Crippen LogP) is 6.13. The average molecular weight is 521 g/mol. The second kappa shape index (κ2) is 7.86. The molecule has 10 heteroatoms. The first-order chi connectivity index (χ1) is 19.0. The molecule has 1 amide bonds. The molecule has 0 unspecified atom stereocenters. The van der Waals surface area contributed by atoms with Gasteiger partial charge in [0.05, 0.1) is 23.1 Å². The largest absolute Gasteiger partial charge is 0.331 e. The average Bonchev–Trinajstić information content (AvgIpc) is 3.64. The fourth-order valence-corrected chi connectivity index (χ4v) is 6.86. The van der Waals surface area contributed by atoms with Crippen LogP contribution in [0.2, 0.25) is 0 Å². The number of halogens is 1. The van der Waals surface area contributed by atoms with Crippen molar-refractivity contribution in [2.75, 3.05) is 7.05 Å². The van der Waals surface area contributed by atoms with E-state index in [1.165, 1.54) is 18.4 Å². The minimum Gasteiger partial charge on any atom is -0.331 e. The molecule has 194 valence electrons. The number of carbonyl (C=O) groups is 1. The summed E-state index contributed by atoms with van der Waals surface area (Å²) in [7, 11) is 1.89. The molecular formula is C29H25FN8O. The van der Waals surface area contributed by atoms with Crippen LogP contribution < -0.4 is 0 Å². The summed E-state index contributed by atoms with van der Waals surface area (Å²) in [6, 6.07) is 12.3. The number of alkyl halides is 1. The van der Waals surface area contributed by atoms with Gasteiger partial charge in [0, 0.05) is 41.9 Å². The smallest absolute Gasteiger partial charge is 0.254 e. The van der Waals surface area contributed by atoms with Gasteiger partial charge in [-0.25, -0.2) is 19.3 Å². The number of azide groups is 1. The van der Waals surface area contributed by atoms with E-state index < -0.39 is 11.7 Å². The minimum atomic E-state index is -1.01. The molecule has 8 rings (SSSR count). The Kier molecular flexibility index (Phi) is 4.57. The molecule has 0 radical (unpaired) electrons. The van der Waals surface area contributed by atoms with Gasteiger partial charge in [-0.2, -0.15) is 0 Å². The fraction of sp³-hybridized carbons (Fsp3) is 0.379. The molecule has 2 aliphatic heterocycles. The van der Waals surface area contributed by atoms with Gasteiger partial charge in [0.2, 0.25) is 0 Å². The molecule has 2 saturated carbocycles. The van der Waals surface area contributed by atoms with E-state index in [1.54, 1.807) is 12.4 Å². The van der Waals surface area contributed by atoms with Gasteiger partial charge in [-0.1, -0.05) is 23.3 Å². The van der Waals surface area contributed by atoms with E-state index in [-0.39, 0.29) is 30.8 Å². The number of hydrogen-bond donors (Lipinski definition) is 0. The van der Waals surface area contributed by atoms with Crippen molar-refractivity contribution in [2.24, 2.45) is 5.11 Å². The third-order valence-corrected chi connectivity index (χ3v) is 9.04. The van der Waals surface area contributed by atoms with Crippen molar-refractivity contribution in [1.29, 1.82) is 0 Å². The molecule has 2 bridgehead atoms. The fourth-order valence-electron chi connectivity index (χ4n) is 6.86. The summed E-state index contributed by atoms with van der Waals surface area (Å²) in [6.07, 6.45) is 5.78. The summed E-state index contributed by atoms with van der Waals surface area (Å²) in [6.45, 7) is 0. The molecule has 0 saturated heterocycles. The molecule has 4 heterocycles. The summed E-state index contributed by atoms with van der Waals surface area (Å²) in [4.78, 5) is 32.2. The number of carbonyl (C=O) groups excluding carboxylic acids is 1. The summed E-state index contributed by atoms with van der Waals surface area (Å²) in [5, 5.41) is 3.83. The van der Waals surface area contributed by atoms with Crippen molar-refractivity contribution < 1.29 is 9.18 Å². The Morgan fingerprint density at radius 1 is 1.10 bits per heavy atom. The van der Waals surface area contributed by atoms with E-state index in [0.29, 0.717) is 11.7 Å². The lowest BCUT2D eigenvalue weighted by atomic mass is 9.75. The lowest BCUT2D eigenvalue weighted by Crippen LogP contribution is -2.42. The molecule has 4 aliphatic rings. The van der Waals surface area contributed by atoms with Crippen molar-refractivity contribution >= 4 is 16.9 Å². The molecule has 0 spiro atoms. The van der Waals surface area contributed by atoms with Crippen LogP contribution in [-0.2, 0) is 5.54 Å². The Labute approximate surface area is 223 Å². The Balaban J connectivity index is 1.24. The van der Waals surface area contributed by atoms with E-state index in [2.05, 4.69) is 36.7 Å². The summed E-state index contributed by atoms with van der Waals surface area (Å²) in [5.74, 6) is 1.87. The van der Waals surface area contributed by atoms with Crippen LogP contribution >= 0.6 is 0 Å². The van der Waals surface area contributed by atoms with Crippen LogP contribution in [0.4, 0.5) is 4.39 Å². The van der Waals surface area contributed by atoms with Crippen LogP contribution in [0.3, 0.4) is 0 Å². The Hall–Kier alpha value is -4.30. The van der Waals surface area contributed by atoms with Crippen LogP contribution in [0.1, 0.15) is 83.2 Å². The van der Waals surface area contributed by atoms with Gasteiger partial charge in [-0.15, -0.1) is 0 Å². The molecule has 2 atom stereocenters. The van der Waals surface area contributed by atoms with Crippen LogP contribution in [-0.4, -0.2) is 43.5 Å². The lowest BCUT2D eigenvalue weighted by molar-refractivity contribution is 0.0734. The maximum atomic E-state index is 13.7. The highest BCUT2D eigenvalue weighted by atomic mass is 19.1. The highest BCUT2D eigenvalue weighted by Gasteiger charge is 2.48. The highest BCUT2D eigenvalue weighted by molar-refractivity contribution is 5.97. The van der Waals surface area contributed by atoms with E-state index in [4.69, 9.17) is 10.5 Å². The first-order valence-electron chi connectivity index (χ1n) is 13.4. The number of aromatic nitrogens is 4. The van der Waals surface area contributed by atoms with E-state index >= 15 is 0 Å². The molecule has 2 aromatic heterocycles. The number of imidazole rings is 1. The molecule has 2 aromatic carbocycles. The SMILES string of the molecule is CN1C(=O)c2cccc(C3CC3)c2[C@H]2C[C@@H]1c1nc3ccc(-c4cnc(C5(N=[N+]=[N-])CC(F)C5)nc4)cc3n12. The number of hydrogen-bond acceptors (Lipinski definition) is 5. The number of nitrogens with zero attached hydrogens (tertiary/aromatic N) is 8. The van der Waals surface area contributed by atoms with Crippen molar-refractivity contribution in [3.63, 3.8) is 0 Å². The zero-order valence-electron chi connectivity index (χ0n) is 21.3. The normalized spacial score (nSPS) is 27.0. The maximum absolute atomic E-state index is 13.7. The van der Waals surface area contributed by atoms with Crippen molar-refractivity contribution in [3.8, 4) is 11.1 Å². The van der Waals surface area contributed by atoms with Gasteiger partial charge < -0.3 is 9.47 Å². The Morgan fingerprint density at radius 2 is 1.90 bits per heavy atom. The number of amides is 1. The first kappa shape index (κ1) is 22.7. The summed E-state index contributed by atoms with van der Waals surface area (Å²) in [5.41, 5.74) is 14.9. The van der Waals surface area contributed by atoms with Gasteiger partial charge in [0.1, 0.15) is 23.4 Å². The minimum absolute atomic E-state index is 0.0422. The van der Waals surface area contributed by atoms with Gasteiger partial charge in [-0.3, -0.25) is 4.79 Å². The molecule has 9 nitrogen and oxygen atoms in total. The van der Waals surface area contributed by atoms with Crippen molar-refractivity contribution in [1.82, 2.24) is 24.4 Å². The van der Waals surface area contributed by atoms with Gasteiger partial charge >= 0.3 is 0 Å². The van der Waals surface area contributed by atoms with Crippen molar-refractivity contribution in [2.45, 2.75) is 61.8 Å². The number of benzene rings is 2. The number of rotatable bonds is 4. The zero-order chi connectivity index (χ0) is 26.5. The molecule has 0 N–H and O–H groups in total. The highest BCUT2D eigenvalue weighted by Crippen LogP contribution is 2.52. The monoisotopic (exact) mass is 520 g/mol. The molecule has 2 fully saturated rings. The molecule has 4 aromatic rings. The predicted molar refractivity (Wildman–Crippen MR) is 142 cm³/mol. The molecule has 2 aliphatic carbocycles. The van der Waals surface area contributed by atoms with Crippen molar-refractivity contribution in [3.05, 3.63) is 87.6 Å². The second-order valence-corrected chi connectivity index (χ2v) is 11.3. The van der Waals surface area contributed by atoms with Crippen LogP contribution in [0.5, 0.6) is 0 Å².